The summed E-state index contributed by atoms with van der Waals surface area (Å²) in [5.41, 5.74) is 0. The van der Waals surface area contributed by atoms with E-state index in [9.17, 15) is 0 Å². The van der Waals surface area contributed by atoms with Crippen LogP contribution in [0.2, 0.25) is 0 Å². The third-order valence-corrected chi connectivity index (χ3v) is 2.02. The minimum Gasteiger partial charge on any atom is -0.383 e. The van der Waals surface area contributed by atoms with Gasteiger partial charge >= 0.3 is 0 Å². The van der Waals surface area contributed by atoms with Gasteiger partial charge < -0.3 is 14.6 Å². The van der Waals surface area contributed by atoms with Gasteiger partial charge in [0.1, 0.15) is 0 Å². The Morgan fingerprint density at radius 2 is 2.33 bits per heavy atom. The molecule has 0 spiro atoms. The fourth-order valence-corrected chi connectivity index (χ4v) is 1.17. The van der Waals surface area contributed by atoms with Gasteiger partial charge in [-0.15, -0.1) is 0 Å². The first kappa shape index (κ1) is 12.1. The Morgan fingerprint density at radius 1 is 1.47 bits per heavy atom. The summed E-state index contributed by atoms with van der Waals surface area (Å²) in [6.07, 6.45) is 3.16. The molecule has 1 aromatic heterocycles. The average Bonchev–Trinajstić information content (AvgIpc) is 2.69. The SMILES string of the molecule is CCCCc1noc(CNCCOC)n1. The van der Waals surface area contributed by atoms with Gasteiger partial charge in [-0.3, -0.25) is 0 Å². The number of rotatable bonds is 8. The molecule has 0 radical (unpaired) electrons. The standard InChI is InChI=1S/C10H19N3O2/c1-3-4-5-9-12-10(15-13-9)8-11-6-7-14-2/h11H,3-8H2,1-2H3. The van der Waals surface area contributed by atoms with Crippen molar-refractivity contribution in [3.8, 4) is 0 Å². The highest BCUT2D eigenvalue weighted by Crippen LogP contribution is 2.01. The second kappa shape index (κ2) is 7.36. The summed E-state index contributed by atoms with van der Waals surface area (Å²) in [4.78, 5) is 4.26. The molecule has 0 aliphatic carbocycles. The molecule has 1 heterocycles. The Balaban J connectivity index is 2.20. The summed E-state index contributed by atoms with van der Waals surface area (Å²) in [6, 6.07) is 0. The Morgan fingerprint density at radius 3 is 3.07 bits per heavy atom. The van der Waals surface area contributed by atoms with Crippen molar-refractivity contribution in [1.82, 2.24) is 15.5 Å². The summed E-state index contributed by atoms with van der Waals surface area (Å²) in [6.45, 7) is 4.25. The zero-order valence-corrected chi connectivity index (χ0v) is 9.45. The van der Waals surface area contributed by atoms with Crippen LogP contribution in [-0.4, -0.2) is 30.4 Å². The molecule has 15 heavy (non-hydrogen) atoms. The smallest absolute Gasteiger partial charge is 0.240 e. The van der Waals surface area contributed by atoms with Crippen LogP contribution in [0.3, 0.4) is 0 Å². The topological polar surface area (TPSA) is 60.2 Å². The maximum absolute atomic E-state index is 5.08. The fourth-order valence-electron chi connectivity index (χ4n) is 1.17. The van der Waals surface area contributed by atoms with Crippen LogP contribution in [0.5, 0.6) is 0 Å². The molecule has 0 aliphatic heterocycles. The Hall–Kier alpha value is -0.940. The minimum absolute atomic E-state index is 0.614. The van der Waals surface area contributed by atoms with Gasteiger partial charge in [-0.25, -0.2) is 0 Å². The van der Waals surface area contributed by atoms with Crippen LogP contribution in [0.25, 0.3) is 0 Å². The van der Waals surface area contributed by atoms with Crippen molar-refractivity contribution in [1.29, 1.82) is 0 Å². The van der Waals surface area contributed by atoms with E-state index in [1.165, 1.54) is 0 Å². The van der Waals surface area contributed by atoms with Crippen LogP contribution < -0.4 is 5.32 Å². The molecule has 0 amide bonds. The lowest BCUT2D eigenvalue weighted by atomic mass is 10.2. The number of aromatic nitrogens is 2. The monoisotopic (exact) mass is 213 g/mol. The van der Waals surface area contributed by atoms with Crippen LogP contribution in [0.4, 0.5) is 0 Å². The molecule has 0 unspecified atom stereocenters. The summed E-state index contributed by atoms with van der Waals surface area (Å²) >= 11 is 0. The van der Waals surface area contributed by atoms with Gasteiger partial charge in [-0.2, -0.15) is 4.98 Å². The van der Waals surface area contributed by atoms with Crippen molar-refractivity contribution in [3.05, 3.63) is 11.7 Å². The lowest BCUT2D eigenvalue weighted by Crippen LogP contribution is -2.18. The summed E-state index contributed by atoms with van der Waals surface area (Å²) < 4.78 is 9.99. The number of methoxy groups -OCH3 is 1. The first-order chi connectivity index (χ1) is 7.36. The number of nitrogens with zero attached hydrogens (tertiary/aromatic N) is 2. The maximum atomic E-state index is 5.08. The quantitative estimate of drug-likeness (QED) is 0.656. The lowest BCUT2D eigenvalue weighted by molar-refractivity contribution is 0.197. The van der Waals surface area contributed by atoms with E-state index in [1.807, 2.05) is 0 Å². The maximum Gasteiger partial charge on any atom is 0.240 e. The Kier molecular flexibility index (Phi) is 5.96. The third-order valence-electron chi connectivity index (χ3n) is 2.02. The molecule has 86 valence electrons. The molecule has 1 N–H and O–H groups in total. The Bertz CT molecular complexity index is 263. The summed E-state index contributed by atoms with van der Waals surface area (Å²) in [5, 5.41) is 7.05. The highest BCUT2D eigenvalue weighted by molar-refractivity contribution is 4.85. The number of ether oxygens (including phenoxy) is 1. The van der Waals surface area contributed by atoms with Crippen molar-refractivity contribution in [3.63, 3.8) is 0 Å². The van der Waals surface area contributed by atoms with E-state index in [2.05, 4.69) is 22.4 Å². The molecule has 0 saturated carbocycles. The normalized spacial score (nSPS) is 10.8. The predicted molar refractivity (Wildman–Crippen MR) is 56.5 cm³/mol. The van der Waals surface area contributed by atoms with Crippen LogP contribution >= 0.6 is 0 Å². The molecule has 5 nitrogen and oxygen atoms in total. The van der Waals surface area contributed by atoms with Crippen LogP contribution in [0.15, 0.2) is 4.52 Å². The second-order valence-electron chi connectivity index (χ2n) is 3.38. The van der Waals surface area contributed by atoms with Crippen molar-refractivity contribution < 1.29 is 9.26 Å². The first-order valence-corrected chi connectivity index (χ1v) is 5.38. The van der Waals surface area contributed by atoms with Crippen LogP contribution in [0, 0.1) is 0 Å². The zero-order chi connectivity index (χ0) is 10.9. The van der Waals surface area contributed by atoms with Crippen molar-refractivity contribution in [2.75, 3.05) is 20.3 Å². The summed E-state index contributed by atoms with van der Waals surface area (Å²) in [7, 11) is 1.68. The molecule has 0 fully saturated rings. The summed E-state index contributed by atoms with van der Waals surface area (Å²) in [5.74, 6) is 1.46. The largest absolute Gasteiger partial charge is 0.383 e. The second-order valence-corrected chi connectivity index (χ2v) is 3.38. The molecular weight excluding hydrogens is 194 g/mol. The lowest BCUT2D eigenvalue weighted by Gasteiger charge is -1.98. The number of hydrogen-bond acceptors (Lipinski definition) is 5. The van der Waals surface area contributed by atoms with E-state index in [-0.39, 0.29) is 0 Å². The highest BCUT2D eigenvalue weighted by atomic mass is 16.5. The van der Waals surface area contributed by atoms with Crippen LogP contribution in [-0.2, 0) is 17.7 Å². The molecule has 0 saturated heterocycles. The van der Waals surface area contributed by atoms with Gasteiger partial charge in [-0.1, -0.05) is 18.5 Å². The van der Waals surface area contributed by atoms with E-state index in [4.69, 9.17) is 9.26 Å². The van der Waals surface area contributed by atoms with Gasteiger partial charge in [0.25, 0.3) is 0 Å². The molecule has 0 bridgehead atoms. The Labute approximate surface area is 90.2 Å². The average molecular weight is 213 g/mol. The molecule has 0 aromatic carbocycles. The predicted octanol–water partition coefficient (Wildman–Crippen LogP) is 1.15. The van der Waals surface area contributed by atoms with Crippen molar-refractivity contribution >= 4 is 0 Å². The number of nitrogens with one attached hydrogen (secondary N) is 1. The molecule has 5 heteroatoms. The van der Waals surface area contributed by atoms with Gasteiger partial charge in [0.05, 0.1) is 13.2 Å². The van der Waals surface area contributed by atoms with E-state index < -0.39 is 0 Å². The molecular formula is C10H19N3O2. The number of unbranched alkanes of at least 4 members (excludes halogenated alkanes) is 1. The molecule has 1 rings (SSSR count). The van der Waals surface area contributed by atoms with Gasteiger partial charge in [-0.05, 0) is 6.42 Å². The van der Waals surface area contributed by atoms with E-state index in [0.29, 0.717) is 19.0 Å². The van der Waals surface area contributed by atoms with Gasteiger partial charge in [0.2, 0.25) is 5.89 Å². The minimum atomic E-state index is 0.614. The van der Waals surface area contributed by atoms with Crippen molar-refractivity contribution in [2.24, 2.45) is 0 Å². The van der Waals surface area contributed by atoms with Crippen LogP contribution in [0.1, 0.15) is 31.5 Å². The molecule has 0 aliphatic rings. The van der Waals surface area contributed by atoms with Crippen molar-refractivity contribution in [2.45, 2.75) is 32.7 Å². The van der Waals surface area contributed by atoms with Gasteiger partial charge in [0.15, 0.2) is 5.82 Å². The molecule has 1 aromatic rings. The first-order valence-electron chi connectivity index (χ1n) is 5.38. The third kappa shape index (κ3) is 4.90. The van der Waals surface area contributed by atoms with Gasteiger partial charge in [0, 0.05) is 20.1 Å². The number of aryl methyl sites for hydroxylation is 1. The van der Waals surface area contributed by atoms with E-state index in [0.717, 1.165) is 31.6 Å². The zero-order valence-electron chi connectivity index (χ0n) is 9.45. The number of hydrogen-bond donors (Lipinski definition) is 1. The highest BCUT2D eigenvalue weighted by Gasteiger charge is 2.04. The molecule has 0 atom stereocenters. The fraction of sp³-hybridized carbons (Fsp3) is 0.800. The van der Waals surface area contributed by atoms with E-state index >= 15 is 0 Å². The van der Waals surface area contributed by atoms with E-state index in [1.54, 1.807) is 7.11 Å².